The maximum Gasteiger partial charge on any atom is 0.191 e. The molecule has 136 valence electrons. The minimum atomic E-state index is 0.608. The summed E-state index contributed by atoms with van der Waals surface area (Å²) in [5.74, 6) is 2.65. The van der Waals surface area contributed by atoms with Gasteiger partial charge in [-0.2, -0.15) is 0 Å². The van der Waals surface area contributed by atoms with Gasteiger partial charge in [0.2, 0.25) is 0 Å². The first-order valence-corrected chi connectivity index (χ1v) is 9.46. The Bertz CT molecular complexity index is 911. The summed E-state index contributed by atoms with van der Waals surface area (Å²) in [6.07, 6.45) is 0. The van der Waals surface area contributed by atoms with E-state index in [-0.39, 0.29) is 0 Å². The third kappa shape index (κ3) is 3.77. The van der Waals surface area contributed by atoms with E-state index in [9.17, 15) is 0 Å². The van der Waals surface area contributed by atoms with Crippen LogP contribution in [-0.2, 0) is 12.8 Å². The van der Waals surface area contributed by atoms with Crippen molar-refractivity contribution in [2.75, 3.05) is 14.2 Å². The Kier molecular flexibility index (Phi) is 5.96. The van der Waals surface area contributed by atoms with Crippen LogP contribution in [0.3, 0.4) is 0 Å². The van der Waals surface area contributed by atoms with Gasteiger partial charge in [0.05, 0.1) is 14.2 Å². The van der Waals surface area contributed by atoms with E-state index in [1.54, 1.807) is 14.2 Å². The van der Waals surface area contributed by atoms with Gasteiger partial charge in [0.15, 0.2) is 22.5 Å². The SMILES string of the molecule is COc1ccc(-c2nnc(SCc3c(Cl)cccc3Cl)n2C)cc1OC. The number of hydrogen-bond acceptors (Lipinski definition) is 5. The van der Waals surface area contributed by atoms with Crippen molar-refractivity contribution in [1.82, 2.24) is 14.8 Å². The van der Waals surface area contributed by atoms with Crippen LogP contribution in [0.5, 0.6) is 11.5 Å². The molecule has 0 aliphatic heterocycles. The lowest BCUT2D eigenvalue weighted by Gasteiger charge is -2.10. The molecule has 3 rings (SSSR count). The Balaban J connectivity index is 1.84. The number of nitrogens with zero attached hydrogens (tertiary/aromatic N) is 3. The van der Waals surface area contributed by atoms with E-state index in [1.807, 2.05) is 48.0 Å². The fourth-order valence-electron chi connectivity index (χ4n) is 2.47. The molecule has 0 saturated heterocycles. The number of hydrogen-bond donors (Lipinski definition) is 0. The highest BCUT2D eigenvalue weighted by atomic mass is 35.5. The van der Waals surface area contributed by atoms with Crippen LogP contribution in [0.25, 0.3) is 11.4 Å². The summed E-state index contributed by atoms with van der Waals surface area (Å²) in [7, 11) is 5.13. The van der Waals surface area contributed by atoms with Gasteiger partial charge in [0, 0.05) is 28.4 Å². The molecule has 3 aromatic rings. The van der Waals surface area contributed by atoms with Gasteiger partial charge >= 0.3 is 0 Å². The quantitative estimate of drug-likeness (QED) is 0.530. The highest BCUT2D eigenvalue weighted by molar-refractivity contribution is 7.98. The van der Waals surface area contributed by atoms with E-state index in [0.29, 0.717) is 27.3 Å². The van der Waals surface area contributed by atoms with Gasteiger partial charge < -0.3 is 14.0 Å². The molecular formula is C18H17Cl2N3O2S. The summed E-state index contributed by atoms with van der Waals surface area (Å²) < 4.78 is 12.6. The Hall–Kier alpha value is -1.89. The predicted octanol–water partition coefficient (Wildman–Crippen LogP) is 5.10. The second-order valence-electron chi connectivity index (χ2n) is 5.42. The van der Waals surface area contributed by atoms with Gasteiger partial charge in [-0.1, -0.05) is 41.0 Å². The molecule has 0 amide bonds. The molecule has 1 heterocycles. The summed E-state index contributed by atoms with van der Waals surface area (Å²) in [4.78, 5) is 0. The first-order valence-electron chi connectivity index (χ1n) is 7.72. The van der Waals surface area contributed by atoms with Crippen LogP contribution in [0.4, 0.5) is 0 Å². The molecule has 8 heteroatoms. The molecule has 0 bridgehead atoms. The molecule has 2 aromatic carbocycles. The van der Waals surface area contributed by atoms with Gasteiger partial charge in [-0.25, -0.2) is 0 Å². The largest absolute Gasteiger partial charge is 0.493 e. The van der Waals surface area contributed by atoms with Gasteiger partial charge in [-0.3, -0.25) is 0 Å². The smallest absolute Gasteiger partial charge is 0.191 e. The molecule has 0 unspecified atom stereocenters. The highest BCUT2D eigenvalue weighted by Crippen LogP contribution is 2.34. The molecule has 0 fully saturated rings. The van der Waals surface area contributed by atoms with Crippen molar-refractivity contribution in [1.29, 1.82) is 0 Å². The molecule has 0 atom stereocenters. The number of thioether (sulfide) groups is 1. The van der Waals surface area contributed by atoms with Crippen molar-refractivity contribution in [3.05, 3.63) is 52.0 Å². The number of methoxy groups -OCH3 is 2. The topological polar surface area (TPSA) is 49.2 Å². The molecule has 0 spiro atoms. The predicted molar refractivity (Wildman–Crippen MR) is 106 cm³/mol. The highest BCUT2D eigenvalue weighted by Gasteiger charge is 2.15. The van der Waals surface area contributed by atoms with Crippen LogP contribution in [0.15, 0.2) is 41.6 Å². The molecule has 26 heavy (non-hydrogen) atoms. The van der Waals surface area contributed by atoms with Crippen LogP contribution in [-0.4, -0.2) is 29.0 Å². The Morgan fingerprint density at radius 2 is 1.69 bits per heavy atom. The molecule has 1 aromatic heterocycles. The number of benzene rings is 2. The maximum absolute atomic E-state index is 6.23. The lowest BCUT2D eigenvalue weighted by molar-refractivity contribution is 0.355. The molecular weight excluding hydrogens is 393 g/mol. The van der Waals surface area contributed by atoms with Crippen LogP contribution in [0.1, 0.15) is 5.56 Å². The van der Waals surface area contributed by atoms with E-state index in [1.165, 1.54) is 11.8 Å². The summed E-state index contributed by atoms with van der Waals surface area (Å²) in [5, 5.41) is 10.6. The Morgan fingerprint density at radius 1 is 1.00 bits per heavy atom. The average molecular weight is 410 g/mol. The summed E-state index contributed by atoms with van der Waals surface area (Å²) in [6, 6.07) is 11.1. The minimum absolute atomic E-state index is 0.608. The number of ether oxygens (including phenoxy) is 2. The Morgan fingerprint density at radius 3 is 2.35 bits per heavy atom. The average Bonchev–Trinajstić information content (AvgIpc) is 3.01. The summed E-state index contributed by atoms with van der Waals surface area (Å²) >= 11 is 14.0. The van der Waals surface area contributed by atoms with Crippen LogP contribution in [0, 0.1) is 0 Å². The molecule has 0 saturated carbocycles. The number of rotatable bonds is 6. The molecule has 5 nitrogen and oxygen atoms in total. The summed E-state index contributed by atoms with van der Waals surface area (Å²) in [5.41, 5.74) is 1.77. The van der Waals surface area contributed by atoms with Gasteiger partial charge in [-0.15, -0.1) is 10.2 Å². The molecule has 0 radical (unpaired) electrons. The fraction of sp³-hybridized carbons (Fsp3) is 0.222. The van der Waals surface area contributed by atoms with Crippen LogP contribution >= 0.6 is 35.0 Å². The van der Waals surface area contributed by atoms with Crippen molar-refractivity contribution < 1.29 is 9.47 Å². The number of halogens is 2. The monoisotopic (exact) mass is 409 g/mol. The van der Waals surface area contributed by atoms with Crippen molar-refractivity contribution in [2.45, 2.75) is 10.9 Å². The zero-order valence-electron chi connectivity index (χ0n) is 14.5. The van der Waals surface area contributed by atoms with Crippen molar-refractivity contribution in [2.24, 2.45) is 7.05 Å². The zero-order valence-corrected chi connectivity index (χ0v) is 16.8. The zero-order chi connectivity index (χ0) is 18.7. The van der Waals surface area contributed by atoms with E-state index in [0.717, 1.165) is 22.1 Å². The second kappa shape index (κ2) is 8.20. The van der Waals surface area contributed by atoms with Gasteiger partial charge in [-0.05, 0) is 35.9 Å². The molecule has 0 N–H and O–H groups in total. The first kappa shape index (κ1) is 18.9. The second-order valence-corrected chi connectivity index (χ2v) is 7.18. The summed E-state index contributed by atoms with van der Waals surface area (Å²) in [6.45, 7) is 0. The van der Waals surface area contributed by atoms with E-state index < -0.39 is 0 Å². The lowest BCUT2D eigenvalue weighted by Crippen LogP contribution is -1.97. The van der Waals surface area contributed by atoms with E-state index >= 15 is 0 Å². The fourth-order valence-corrected chi connectivity index (χ4v) is 4.13. The minimum Gasteiger partial charge on any atom is -0.493 e. The van der Waals surface area contributed by atoms with Crippen LogP contribution < -0.4 is 9.47 Å². The van der Waals surface area contributed by atoms with Crippen molar-refractivity contribution in [3.8, 4) is 22.9 Å². The molecule has 0 aliphatic rings. The molecule has 0 aliphatic carbocycles. The maximum atomic E-state index is 6.23. The third-order valence-electron chi connectivity index (χ3n) is 3.88. The number of aromatic nitrogens is 3. The standard InChI is InChI=1S/C18H17Cl2N3O2S/c1-23-17(11-7-8-15(24-2)16(9-11)25-3)21-22-18(23)26-10-12-13(19)5-4-6-14(12)20/h4-9H,10H2,1-3H3. The van der Waals surface area contributed by atoms with Crippen molar-refractivity contribution >= 4 is 35.0 Å². The normalized spacial score (nSPS) is 10.8. The van der Waals surface area contributed by atoms with Crippen LogP contribution in [0.2, 0.25) is 10.0 Å². The van der Waals surface area contributed by atoms with Crippen molar-refractivity contribution in [3.63, 3.8) is 0 Å². The first-order chi connectivity index (χ1) is 12.5. The Labute approximate surface area is 166 Å². The van der Waals surface area contributed by atoms with E-state index in [4.69, 9.17) is 32.7 Å². The lowest BCUT2D eigenvalue weighted by atomic mass is 10.2. The van der Waals surface area contributed by atoms with E-state index in [2.05, 4.69) is 10.2 Å². The van der Waals surface area contributed by atoms with Gasteiger partial charge in [0.1, 0.15) is 0 Å². The van der Waals surface area contributed by atoms with Gasteiger partial charge in [0.25, 0.3) is 0 Å². The third-order valence-corrected chi connectivity index (χ3v) is 5.64.